The molecule has 0 saturated heterocycles. The second-order valence-electron chi connectivity index (χ2n) is 4.92. The Balaban J connectivity index is 1.73. The summed E-state index contributed by atoms with van der Waals surface area (Å²) in [6, 6.07) is 5.60. The van der Waals surface area contributed by atoms with Gasteiger partial charge in [0.25, 0.3) is 0 Å². The maximum absolute atomic E-state index is 5.27. The van der Waals surface area contributed by atoms with Crippen LogP contribution in [0.15, 0.2) is 46.1 Å². The van der Waals surface area contributed by atoms with E-state index in [-0.39, 0.29) is 0 Å². The number of aromatic nitrogens is 1. The van der Waals surface area contributed by atoms with Crippen LogP contribution in [0.2, 0.25) is 0 Å². The summed E-state index contributed by atoms with van der Waals surface area (Å²) in [7, 11) is 0. The van der Waals surface area contributed by atoms with Gasteiger partial charge in [0.15, 0.2) is 5.76 Å². The van der Waals surface area contributed by atoms with Gasteiger partial charge in [0.1, 0.15) is 0 Å². The predicted molar refractivity (Wildman–Crippen MR) is 79.1 cm³/mol. The Morgan fingerprint density at radius 3 is 3.05 bits per heavy atom. The van der Waals surface area contributed by atoms with Crippen LogP contribution in [0.3, 0.4) is 0 Å². The molecule has 2 heterocycles. The van der Waals surface area contributed by atoms with Crippen molar-refractivity contribution in [2.75, 3.05) is 6.54 Å². The van der Waals surface area contributed by atoms with Gasteiger partial charge in [0.2, 0.25) is 5.76 Å². The van der Waals surface area contributed by atoms with Crippen LogP contribution in [0.5, 0.6) is 0 Å². The van der Waals surface area contributed by atoms with Gasteiger partial charge in [0, 0.05) is 12.6 Å². The zero-order valence-corrected chi connectivity index (χ0v) is 12.0. The van der Waals surface area contributed by atoms with E-state index in [0.29, 0.717) is 18.1 Å². The molecule has 0 spiro atoms. The van der Waals surface area contributed by atoms with Crippen LogP contribution in [0.25, 0.3) is 11.5 Å². The van der Waals surface area contributed by atoms with E-state index in [1.54, 1.807) is 6.26 Å². The van der Waals surface area contributed by atoms with Gasteiger partial charge in [-0.15, -0.1) is 6.58 Å². The molecule has 0 aliphatic rings. The van der Waals surface area contributed by atoms with E-state index in [9.17, 15) is 0 Å². The van der Waals surface area contributed by atoms with E-state index in [1.807, 2.05) is 24.3 Å². The zero-order valence-electron chi connectivity index (χ0n) is 12.0. The predicted octanol–water partition coefficient (Wildman–Crippen LogP) is 4.02. The highest BCUT2D eigenvalue weighted by Crippen LogP contribution is 2.20. The number of nitrogens with one attached hydrogen (secondary N) is 1. The van der Waals surface area contributed by atoms with Crippen molar-refractivity contribution < 1.29 is 8.94 Å². The molecule has 2 rings (SSSR count). The van der Waals surface area contributed by atoms with Crippen LogP contribution in [0, 0.1) is 5.92 Å². The molecule has 2 aromatic rings. The average molecular weight is 274 g/mol. The molecule has 0 radical (unpaired) electrons. The second-order valence-corrected chi connectivity index (χ2v) is 4.92. The molecule has 1 atom stereocenters. The molecule has 20 heavy (non-hydrogen) atoms. The highest BCUT2D eigenvalue weighted by molar-refractivity contribution is 5.49. The van der Waals surface area contributed by atoms with Gasteiger partial charge < -0.3 is 14.3 Å². The Morgan fingerprint density at radius 1 is 1.45 bits per heavy atom. The molecule has 108 valence electrons. The minimum Gasteiger partial charge on any atom is -0.461 e. The summed E-state index contributed by atoms with van der Waals surface area (Å²) >= 11 is 0. The van der Waals surface area contributed by atoms with E-state index < -0.39 is 0 Å². The van der Waals surface area contributed by atoms with Crippen LogP contribution < -0.4 is 5.32 Å². The van der Waals surface area contributed by atoms with E-state index in [1.165, 1.54) is 6.42 Å². The van der Waals surface area contributed by atoms with Gasteiger partial charge in [-0.25, -0.2) is 0 Å². The van der Waals surface area contributed by atoms with E-state index in [4.69, 9.17) is 8.94 Å². The van der Waals surface area contributed by atoms with Crippen LogP contribution >= 0.6 is 0 Å². The first-order chi connectivity index (χ1) is 9.83. The van der Waals surface area contributed by atoms with Crippen molar-refractivity contribution in [3.05, 3.63) is 42.8 Å². The third-order valence-corrected chi connectivity index (χ3v) is 3.44. The minimum atomic E-state index is 0.671. The fraction of sp³-hybridized carbons (Fsp3) is 0.438. The normalized spacial score (nSPS) is 12.4. The largest absolute Gasteiger partial charge is 0.461 e. The third-order valence-electron chi connectivity index (χ3n) is 3.44. The fourth-order valence-corrected chi connectivity index (χ4v) is 2.18. The Bertz CT molecular complexity index is 502. The molecule has 4 nitrogen and oxygen atoms in total. The van der Waals surface area contributed by atoms with Crippen molar-refractivity contribution in [2.45, 2.75) is 32.7 Å². The summed E-state index contributed by atoms with van der Waals surface area (Å²) in [5.41, 5.74) is 0.896. The zero-order chi connectivity index (χ0) is 14.2. The van der Waals surface area contributed by atoms with Gasteiger partial charge in [-0.1, -0.05) is 24.6 Å². The first kappa shape index (κ1) is 14.6. The Labute approximate surface area is 119 Å². The Hall–Kier alpha value is -1.81. The quantitative estimate of drug-likeness (QED) is 0.554. The van der Waals surface area contributed by atoms with Crippen LogP contribution in [0.4, 0.5) is 0 Å². The summed E-state index contributed by atoms with van der Waals surface area (Å²) in [6.07, 6.45) is 7.07. The number of hydrogen-bond donors (Lipinski definition) is 1. The smallest absolute Gasteiger partial charge is 0.202 e. The van der Waals surface area contributed by atoms with Crippen LogP contribution in [0.1, 0.15) is 31.9 Å². The number of hydrogen-bond acceptors (Lipinski definition) is 4. The molecule has 4 heteroatoms. The molecule has 0 fully saturated rings. The summed E-state index contributed by atoms with van der Waals surface area (Å²) < 4.78 is 10.5. The molecule has 0 aliphatic heterocycles. The minimum absolute atomic E-state index is 0.671. The summed E-state index contributed by atoms with van der Waals surface area (Å²) in [5.74, 6) is 2.10. The van der Waals surface area contributed by atoms with Gasteiger partial charge in [-0.2, -0.15) is 0 Å². The molecule has 2 aromatic heterocycles. The number of furan rings is 1. The number of allylic oxidation sites excluding steroid dienone is 1. The molecule has 1 N–H and O–H groups in total. The van der Waals surface area contributed by atoms with Crippen LogP contribution in [-0.4, -0.2) is 11.7 Å². The van der Waals surface area contributed by atoms with Crippen molar-refractivity contribution in [3.63, 3.8) is 0 Å². The maximum Gasteiger partial charge on any atom is 0.202 e. The Kier molecular flexibility index (Phi) is 5.62. The van der Waals surface area contributed by atoms with Gasteiger partial charge in [-0.05, 0) is 37.4 Å². The molecule has 0 bridgehead atoms. The maximum atomic E-state index is 5.27. The molecular formula is C16H22N2O2. The monoisotopic (exact) mass is 274 g/mol. The first-order valence-corrected chi connectivity index (χ1v) is 7.14. The van der Waals surface area contributed by atoms with Crippen molar-refractivity contribution >= 4 is 0 Å². The van der Waals surface area contributed by atoms with E-state index in [2.05, 4.69) is 24.0 Å². The lowest BCUT2D eigenvalue weighted by Gasteiger charge is -2.12. The topological polar surface area (TPSA) is 51.2 Å². The third kappa shape index (κ3) is 4.10. The van der Waals surface area contributed by atoms with Crippen molar-refractivity contribution in [1.82, 2.24) is 10.5 Å². The molecule has 0 aliphatic carbocycles. The fourth-order valence-electron chi connectivity index (χ4n) is 2.18. The number of rotatable bonds is 9. The lowest BCUT2D eigenvalue weighted by molar-refractivity contribution is 0.404. The molecule has 0 amide bonds. The van der Waals surface area contributed by atoms with Gasteiger partial charge in [0.05, 0.1) is 12.0 Å². The van der Waals surface area contributed by atoms with Crippen molar-refractivity contribution in [1.29, 1.82) is 0 Å². The van der Waals surface area contributed by atoms with E-state index in [0.717, 1.165) is 31.0 Å². The average Bonchev–Trinajstić information content (AvgIpc) is 3.12. The van der Waals surface area contributed by atoms with Gasteiger partial charge in [-0.3, -0.25) is 0 Å². The lowest BCUT2D eigenvalue weighted by Crippen LogP contribution is -2.17. The first-order valence-electron chi connectivity index (χ1n) is 7.14. The van der Waals surface area contributed by atoms with Crippen LogP contribution in [-0.2, 0) is 6.54 Å². The summed E-state index contributed by atoms with van der Waals surface area (Å²) in [5, 5.41) is 7.43. The van der Waals surface area contributed by atoms with Crippen molar-refractivity contribution in [3.8, 4) is 11.5 Å². The molecular weight excluding hydrogens is 252 g/mol. The number of nitrogens with zero attached hydrogens (tertiary/aromatic N) is 1. The van der Waals surface area contributed by atoms with Crippen molar-refractivity contribution in [2.24, 2.45) is 5.92 Å². The summed E-state index contributed by atoms with van der Waals surface area (Å²) in [4.78, 5) is 0. The standard InChI is InChI=1S/C16H22N2O2/c1-3-6-13(4-2)8-9-17-12-14-11-16(20-18-14)15-7-5-10-19-15/h3,5,7,10-11,13,17H,1,4,6,8-9,12H2,2H3. The van der Waals surface area contributed by atoms with E-state index >= 15 is 0 Å². The molecule has 0 aromatic carbocycles. The van der Waals surface area contributed by atoms with Gasteiger partial charge >= 0.3 is 0 Å². The SMILES string of the molecule is C=CCC(CC)CCNCc1cc(-c2ccco2)on1. The lowest BCUT2D eigenvalue weighted by atomic mass is 9.99. The highest BCUT2D eigenvalue weighted by Gasteiger charge is 2.09. The summed E-state index contributed by atoms with van der Waals surface area (Å²) in [6.45, 7) is 7.72. The molecule has 1 unspecified atom stereocenters. The molecule has 0 saturated carbocycles. The highest BCUT2D eigenvalue weighted by atomic mass is 16.5. The Morgan fingerprint density at radius 2 is 2.35 bits per heavy atom. The second kappa shape index (κ2) is 7.70.